The molecule has 2 heterocycles. The molecule has 128 valence electrons. The van der Waals surface area contributed by atoms with Crippen LogP contribution in [0.3, 0.4) is 0 Å². The summed E-state index contributed by atoms with van der Waals surface area (Å²) in [5.74, 6) is 0.542. The predicted octanol–water partition coefficient (Wildman–Crippen LogP) is 4.16. The maximum Gasteiger partial charge on any atom is 0.176 e. The van der Waals surface area contributed by atoms with Gasteiger partial charge in [0, 0.05) is 23.5 Å². The van der Waals surface area contributed by atoms with Crippen LogP contribution in [0.4, 0.5) is 4.39 Å². The van der Waals surface area contributed by atoms with E-state index in [1.807, 2.05) is 30.3 Å². The Morgan fingerprint density at radius 1 is 0.808 bits per heavy atom. The fourth-order valence-electron chi connectivity index (χ4n) is 2.92. The molecule has 0 bridgehead atoms. The Hall–Kier alpha value is -3.31. The zero-order valence-corrected chi connectivity index (χ0v) is 13.7. The van der Waals surface area contributed by atoms with Gasteiger partial charge in [-0.1, -0.05) is 42.5 Å². The molecule has 0 spiro atoms. The monoisotopic (exact) mass is 346 g/mol. The SMILES string of the molecule is OC(c1ccc(F)cc1)(c1cncnc1)c1ccc(-c2ccccc2)o1. The van der Waals surface area contributed by atoms with Crippen molar-refractivity contribution in [1.29, 1.82) is 0 Å². The van der Waals surface area contributed by atoms with E-state index in [0.717, 1.165) is 5.56 Å². The number of nitrogens with zero attached hydrogens (tertiary/aromatic N) is 2. The number of benzene rings is 2. The lowest BCUT2D eigenvalue weighted by molar-refractivity contribution is 0.0989. The van der Waals surface area contributed by atoms with Crippen LogP contribution in [0.5, 0.6) is 0 Å². The molecule has 26 heavy (non-hydrogen) atoms. The van der Waals surface area contributed by atoms with Gasteiger partial charge in [-0.15, -0.1) is 0 Å². The van der Waals surface area contributed by atoms with Crippen LogP contribution < -0.4 is 0 Å². The van der Waals surface area contributed by atoms with Crippen molar-refractivity contribution in [2.45, 2.75) is 5.60 Å². The fourth-order valence-corrected chi connectivity index (χ4v) is 2.92. The summed E-state index contributed by atoms with van der Waals surface area (Å²) in [6.07, 6.45) is 4.41. The Morgan fingerprint density at radius 3 is 2.19 bits per heavy atom. The van der Waals surface area contributed by atoms with Gasteiger partial charge in [-0.2, -0.15) is 0 Å². The lowest BCUT2D eigenvalue weighted by Gasteiger charge is -2.26. The van der Waals surface area contributed by atoms with Crippen LogP contribution in [-0.4, -0.2) is 15.1 Å². The number of furan rings is 1. The van der Waals surface area contributed by atoms with Gasteiger partial charge >= 0.3 is 0 Å². The molecule has 1 unspecified atom stereocenters. The van der Waals surface area contributed by atoms with E-state index in [4.69, 9.17) is 4.42 Å². The molecule has 0 saturated carbocycles. The number of halogens is 1. The normalized spacial score (nSPS) is 13.3. The molecule has 0 aliphatic carbocycles. The largest absolute Gasteiger partial charge is 0.457 e. The molecule has 0 amide bonds. The van der Waals surface area contributed by atoms with Crippen LogP contribution in [0.2, 0.25) is 0 Å². The van der Waals surface area contributed by atoms with E-state index in [-0.39, 0.29) is 5.82 Å². The van der Waals surface area contributed by atoms with Gasteiger partial charge in [0.2, 0.25) is 0 Å². The standard InChI is InChI=1S/C21H15FN2O2/c22-18-8-6-16(7-9-18)21(25,17-12-23-14-24-13-17)20-11-10-19(26-20)15-4-2-1-3-5-15/h1-14,25H. The Morgan fingerprint density at radius 2 is 1.50 bits per heavy atom. The third kappa shape index (κ3) is 2.78. The average Bonchev–Trinajstić information content (AvgIpc) is 3.20. The van der Waals surface area contributed by atoms with E-state index in [2.05, 4.69) is 9.97 Å². The first-order valence-electron chi connectivity index (χ1n) is 8.07. The van der Waals surface area contributed by atoms with E-state index < -0.39 is 5.60 Å². The summed E-state index contributed by atoms with van der Waals surface area (Å²) < 4.78 is 19.4. The lowest BCUT2D eigenvalue weighted by Crippen LogP contribution is -2.28. The van der Waals surface area contributed by atoms with Crippen molar-refractivity contribution in [1.82, 2.24) is 9.97 Å². The smallest absolute Gasteiger partial charge is 0.176 e. The highest BCUT2D eigenvalue weighted by Crippen LogP contribution is 2.38. The van der Waals surface area contributed by atoms with Crippen molar-refractivity contribution in [3.63, 3.8) is 0 Å². The lowest BCUT2D eigenvalue weighted by atomic mass is 9.86. The Bertz CT molecular complexity index is 1000. The number of rotatable bonds is 4. The van der Waals surface area contributed by atoms with Gasteiger partial charge in [0.25, 0.3) is 0 Å². The number of hydrogen-bond acceptors (Lipinski definition) is 4. The van der Waals surface area contributed by atoms with Crippen LogP contribution in [-0.2, 0) is 5.60 Å². The molecule has 2 aromatic carbocycles. The van der Waals surface area contributed by atoms with Gasteiger partial charge < -0.3 is 9.52 Å². The summed E-state index contributed by atoms with van der Waals surface area (Å²) >= 11 is 0. The Labute approximate surface area is 149 Å². The third-order valence-electron chi connectivity index (χ3n) is 4.26. The van der Waals surface area contributed by atoms with Crippen LogP contribution in [0.15, 0.2) is 89.9 Å². The zero-order chi connectivity index (χ0) is 18.0. The Kier molecular flexibility index (Phi) is 4.07. The highest BCUT2D eigenvalue weighted by atomic mass is 19.1. The molecule has 0 saturated heterocycles. The van der Waals surface area contributed by atoms with Crippen LogP contribution in [0, 0.1) is 5.82 Å². The van der Waals surface area contributed by atoms with E-state index in [1.54, 1.807) is 12.1 Å². The minimum atomic E-state index is -1.64. The molecule has 0 fully saturated rings. The topological polar surface area (TPSA) is 59.2 Å². The fraction of sp³-hybridized carbons (Fsp3) is 0.0476. The van der Waals surface area contributed by atoms with Gasteiger partial charge in [-0.3, -0.25) is 0 Å². The molecule has 2 aromatic heterocycles. The van der Waals surface area contributed by atoms with Crippen molar-refractivity contribution >= 4 is 0 Å². The minimum absolute atomic E-state index is 0.303. The maximum absolute atomic E-state index is 13.4. The summed E-state index contributed by atoms with van der Waals surface area (Å²) in [6, 6.07) is 18.7. The quantitative estimate of drug-likeness (QED) is 0.603. The summed E-state index contributed by atoms with van der Waals surface area (Å²) in [5, 5.41) is 11.6. The first-order chi connectivity index (χ1) is 12.7. The highest BCUT2D eigenvalue weighted by Gasteiger charge is 2.38. The zero-order valence-electron chi connectivity index (χ0n) is 13.7. The van der Waals surface area contributed by atoms with Crippen molar-refractivity contribution in [2.24, 2.45) is 0 Å². The van der Waals surface area contributed by atoms with Crippen molar-refractivity contribution < 1.29 is 13.9 Å². The molecule has 1 atom stereocenters. The molecule has 4 rings (SSSR count). The van der Waals surface area contributed by atoms with Gasteiger partial charge in [0.15, 0.2) is 5.60 Å². The van der Waals surface area contributed by atoms with Crippen LogP contribution in [0.25, 0.3) is 11.3 Å². The summed E-state index contributed by atoms with van der Waals surface area (Å²) in [6.45, 7) is 0. The second-order valence-corrected chi connectivity index (χ2v) is 5.87. The van der Waals surface area contributed by atoms with Crippen molar-refractivity contribution in [3.8, 4) is 11.3 Å². The summed E-state index contributed by atoms with van der Waals surface area (Å²) in [5.41, 5.74) is 0.148. The number of hydrogen-bond donors (Lipinski definition) is 1. The predicted molar refractivity (Wildman–Crippen MR) is 94.7 cm³/mol. The van der Waals surface area contributed by atoms with Crippen LogP contribution >= 0.6 is 0 Å². The molecule has 4 aromatic rings. The summed E-state index contributed by atoms with van der Waals surface area (Å²) in [4.78, 5) is 7.99. The Balaban J connectivity index is 1.87. The van der Waals surface area contributed by atoms with Gasteiger partial charge in [0.05, 0.1) is 0 Å². The van der Waals surface area contributed by atoms with E-state index in [1.165, 1.54) is 43.0 Å². The van der Waals surface area contributed by atoms with Crippen LogP contribution in [0.1, 0.15) is 16.9 Å². The molecule has 0 radical (unpaired) electrons. The molecule has 4 nitrogen and oxygen atoms in total. The number of aromatic nitrogens is 2. The maximum atomic E-state index is 13.4. The summed E-state index contributed by atoms with van der Waals surface area (Å²) in [7, 11) is 0. The second kappa shape index (κ2) is 6.54. The third-order valence-corrected chi connectivity index (χ3v) is 4.26. The van der Waals surface area contributed by atoms with E-state index in [9.17, 15) is 9.50 Å². The molecule has 5 heteroatoms. The van der Waals surface area contributed by atoms with Crippen molar-refractivity contribution in [2.75, 3.05) is 0 Å². The van der Waals surface area contributed by atoms with E-state index >= 15 is 0 Å². The molecule has 0 aliphatic heterocycles. The molecular weight excluding hydrogens is 331 g/mol. The number of aliphatic hydroxyl groups is 1. The van der Waals surface area contributed by atoms with Gasteiger partial charge in [-0.05, 0) is 29.8 Å². The average molecular weight is 346 g/mol. The first kappa shape index (κ1) is 16.2. The van der Waals surface area contributed by atoms with Gasteiger partial charge in [-0.25, -0.2) is 14.4 Å². The van der Waals surface area contributed by atoms with Gasteiger partial charge in [0.1, 0.15) is 23.7 Å². The van der Waals surface area contributed by atoms with E-state index in [0.29, 0.717) is 22.6 Å². The van der Waals surface area contributed by atoms with Crippen molar-refractivity contribution in [3.05, 3.63) is 108 Å². The molecule has 1 N–H and O–H groups in total. The second-order valence-electron chi connectivity index (χ2n) is 5.87. The first-order valence-corrected chi connectivity index (χ1v) is 8.07. The molecule has 0 aliphatic rings. The highest BCUT2D eigenvalue weighted by molar-refractivity contribution is 5.58. The minimum Gasteiger partial charge on any atom is -0.457 e. The molecular formula is C21H15FN2O2.